The van der Waals surface area contributed by atoms with E-state index in [1.54, 1.807) is 6.07 Å². The van der Waals surface area contributed by atoms with Crippen LogP contribution in [0.25, 0.3) is 11.0 Å². The average molecular weight is 271 g/mol. The van der Waals surface area contributed by atoms with Gasteiger partial charge in [0.15, 0.2) is 5.78 Å². The fraction of sp³-hybridized carbons (Fsp3) is 0.250. The van der Waals surface area contributed by atoms with Gasteiger partial charge in [0.1, 0.15) is 11.1 Å². The highest BCUT2D eigenvalue weighted by molar-refractivity contribution is 6.05. The summed E-state index contributed by atoms with van der Waals surface area (Å²) in [6, 6.07) is 7.19. The molecule has 1 aromatic heterocycles. The minimum Gasteiger partial charge on any atom is -0.422 e. The van der Waals surface area contributed by atoms with Gasteiger partial charge in [-0.25, -0.2) is 4.79 Å². The second kappa shape index (κ2) is 5.74. The van der Waals surface area contributed by atoms with Crippen molar-refractivity contribution in [2.24, 2.45) is 0 Å². The van der Waals surface area contributed by atoms with Crippen molar-refractivity contribution in [1.29, 1.82) is 0 Å². The van der Waals surface area contributed by atoms with Crippen molar-refractivity contribution in [2.75, 3.05) is 18.0 Å². The highest BCUT2D eigenvalue weighted by Gasteiger charge is 2.12. The van der Waals surface area contributed by atoms with Crippen molar-refractivity contribution >= 4 is 22.4 Å². The summed E-state index contributed by atoms with van der Waals surface area (Å²) in [5.41, 5.74) is 0.871. The second-order valence-corrected chi connectivity index (χ2v) is 4.41. The number of nitrogens with zero attached hydrogens (tertiary/aromatic N) is 1. The SMILES string of the molecule is C=CC(=O)c1cc2ccc(N(CC)CC)cc2oc1=O. The van der Waals surface area contributed by atoms with Crippen LogP contribution in [0.3, 0.4) is 0 Å². The fourth-order valence-corrected chi connectivity index (χ4v) is 2.17. The van der Waals surface area contributed by atoms with E-state index in [9.17, 15) is 9.59 Å². The molecule has 2 aromatic rings. The molecule has 104 valence electrons. The number of rotatable bonds is 5. The summed E-state index contributed by atoms with van der Waals surface area (Å²) in [6.07, 6.45) is 1.11. The van der Waals surface area contributed by atoms with Gasteiger partial charge in [-0.2, -0.15) is 0 Å². The van der Waals surface area contributed by atoms with Crippen LogP contribution in [-0.2, 0) is 0 Å². The molecule has 20 heavy (non-hydrogen) atoms. The van der Waals surface area contributed by atoms with Gasteiger partial charge in [0.25, 0.3) is 0 Å². The molecule has 0 aliphatic rings. The predicted molar refractivity (Wildman–Crippen MR) is 80.6 cm³/mol. The number of hydrogen-bond acceptors (Lipinski definition) is 4. The quantitative estimate of drug-likeness (QED) is 0.476. The van der Waals surface area contributed by atoms with Crippen LogP contribution in [0.2, 0.25) is 0 Å². The number of ketones is 1. The Kier molecular flexibility index (Phi) is 4.03. The van der Waals surface area contributed by atoms with E-state index in [2.05, 4.69) is 25.3 Å². The largest absolute Gasteiger partial charge is 0.422 e. The summed E-state index contributed by atoms with van der Waals surface area (Å²) in [4.78, 5) is 25.5. The highest BCUT2D eigenvalue weighted by atomic mass is 16.4. The molecule has 1 heterocycles. The van der Waals surface area contributed by atoms with Crippen LogP contribution >= 0.6 is 0 Å². The van der Waals surface area contributed by atoms with Crippen LogP contribution in [0.15, 0.2) is 46.1 Å². The summed E-state index contributed by atoms with van der Waals surface area (Å²) >= 11 is 0. The van der Waals surface area contributed by atoms with Crippen LogP contribution in [0.1, 0.15) is 24.2 Å². The van der Waals surface area contributed by atoms with E-state index in [1.807, 2.05) is 18.2 Å². The summed E-state index contributed by atoms with van der Waals surface area (Å²) in [5.74, 6) is -0.423. The number of allylic oxidation sites excluding steroid dienone is 1. The molecule has 0 bridgehead atoms. The maximum absolute atomic E-state index is 11.8. The Morgan fingerprint density at radius 1 is 1.30 bits per heavy atom. The first-order valence-electron chi connectivity index (χ1n) is 6.60. The minimum absolute atomic E-state index is 0.0167. The second-order valence-electron chi connectivity index (χ2n) is 4.41. The zero-order chi connectivity index (χ0) is 14.7. The summed E-state index contributed by atoms with van der Waals surface area (Å²) < 4.78 is 5.24. The van der Waals surface area contributed by atoms with Gasteiger partial charge in [-0.15, -0.1) is 0 Å². The zero-order valence-corrected chi connectivity index (χ0v) is 11.7. The number of anilines is 1. The first kappa shape index (κ1) is 14.1. The number of hydrogen-bond donors (Lipinski definition) is 0. The molecule has 0 spiro atoms. The maximum Gasteiger partial charge on any atom is 0.347 e. The molecule has 0 aliphatic carbocycles. The lowest BCUT2D eigenvalue weighted by Crippen LogP contribution is -2.21. The zero-order valence-electron chi connectivity index (χ0n) is 11.7. The number of fused-ring (bicyclic) bond motifs is 1. The Labute approximate surface area is 117 Å². The smallest absolute Gasteiger partial charge is 0.347 e. The lowest BCUT2D eigenvalue weighted by molar-refractivity contribution is 0.104. The standard InChI is InChI=1S/C16H17NO3/c1-4-14(18)13-9-11-7-8-12(17(5-2)6-3)10-15(11)20-16(13)19/h4,7-10H,1,5-6H2,2-3H3. The molecule has 2 rings (SSSR count). The molecular weight excluding hydrogens is 254 g/mol. The molecular formula is C16H17NO3. The Hall–Kier alpha value is -2.36. The van der Waals surface area contributed by atoms with E-state index >= 15 is 0 Å². The van der Waals surface area contributed by atoms with E-state index in [0.29, 0.717) is 5.58 Å². The van der Waals surface area contributed by atoms with Gasteiger partial charge in [0, 0.05) is 30.2 Å². The molecule has 0 fully saturated rings. The first-order chi connectivity index (χ1) is 9.60. The Balaban J connectivity index is 2.58. The Bertz CT molecular complexity index is 711. The number of benzene rings is 1. The van der Waals surface area contributed by atoms with Crippen molar-refractivity contribution in [3.63, 3.8) is 0 Å². The van der Waals surface area contributed by atoms with E-state index in [1.165, 1.54) is 0 Å². The third-order valence-corrected chi connectivity index (χ3v) is 3.30. The summed E-state index contributed by atoms with van der Waals surface area (Å²) in [6.45, 7) is 9.26. The van der Waals surface area contributed by atoms with Crippen molar-refractivity contribution in [2.45, 2.75) is 13.8 Å². The molecule has 0 saturated heterocycles. The minimum atomic E-state index is -0.626. The summed E-state index contributed by atoms with van der Waals surface area (Å²) in [7, 11) is 0. The first-order valence-corrected chi connectivity index (χ1v) is 6.60. The van der Waals surface area contributed by atoms with Gasteiger partial charge in [0.05, 0.1) is 0 Å². The third kappa shape index (κ3) is 2.50. The van der Waals surface area contributed by atoms with Gasteiger partial charge < -0.3 is 9.32 Å². The van der Waals surface area contributed by atoms with E-state index in [-0.39, 0.29) is 5.56 Å². The molecule has 4 nitrogen and oxygen atoms in total. The number of carbonyl (C=O) groups excluding carboxylic acids is 1. The molecule has 4 heteroatoms. The monoisotopic (exact) mass is 271 g/mol. The lowest BCUT2D eigenvalue weighted by atomic mass is 10.1. The van der Waals surface area contributed by atoms with Gasteiger partial charge >= 0.3 is 5.63 Å². The average Bonchev–Trinajstić information content (AvgIpc) is 2.47. The van der Waals surface area contributed by atoms with Crippen molar-refractivity contribution in [1.82, 2.24) is 0 Å². The molecule has 0 unspecified atom stereocenters. The van der Waals surface area contributed by atoms with Crippen molar-refractivity contribution in [3.05, 3.63) is 52.9 Å². The van der Waals surface area contributed by atoms with Crippen LogP contribution in [0, 0.1) is 0 Å². The van der Waals surface area contributed by atoms with E-state index in [4.69, 9.17) is 4.42 Å². The summed E-state index contributed by atoms with van der Waals surface area (Å²) in [5, 5.41) is 0.728. The molecule has 0 aliphatic heterocycles. The Morgan fingerprint density at radius 2 is 2.00 bits per heavy atom. The highest BCUT2D eigenvalue weighted by Crippen LogP contribution is 2.22. The van der Waals surface area contributed by atoms with E-state index in [0.717, 1.165) is 30.2 Å². The van der Waals surface area contributed by atoms with Crippen LogP contribution < -0.4 is 10.5 Å². The van der Waals surface area contributed by atoms with Gasteiger partial charge in [-0.05, 0) is 38.1 Å². The molecule has 0 radical (unpaired) electrons. The van der Waals surface area contributed by atoms with Crippen molar-refractivity contribution in [3.8, 4) is 0 Å². The maximum atomic E-state index is 11.8. The number of carbonyl (C=O) groups is 1. The van der Waals surface area contributed by atoms with Gasteiger partial charge in [-0.3, -0.25) is 4.79 Å². The van der Waals surface area contributed by atoms with Crippen molar-refractivity contribution < 1.29 is 9.21 Å². The third-order valence-electron chi connectivity index (χ3n) is 3.30. The lowest BCUT2D eigenvalue weighted by Gasteiger charge is -2.20. The molecule has 0 saturated carbocycles. The molecule has 0 atom stereocenters. The normalized spacial score (nSPS) is 10.5. The molecule has 0 amide bonds. The topological polar surface area (TPSA) is 50.5 Å². The van der Waals surface area contributed by atoms with Gasteiger partial charge in [-0.1, -0.05) is 6.58 Å². The fourth-order valence-electron chi connectivity index (χ4n) is 2.17. The van der Waals surface area contributed by atoms with Crippen LogP contribution in [-0.4, -0.2) is 18.9 Å². The van der Waals surface area contributed by atoms with Crippen LogP contribution in [0.4, 0.5) is 5.69 Å². The van der Waals surface area contributed by atoms with Gasteiger partial charge in [0.2, 0.25) is 0 Å². The molecule has 0 N–H and O–H groups in total. The van der Waals surface area contributed by atoms with E-state index < -0.39 is 11.4 Å². The predicted octanol–water partition coefficient (Wildman–Crippen LogP) is 3.01. The van der Waals surface area contributed by atoms with Crippen LogP contribution in [0.5, 0.6) is 0 Å². The Morgan fingerprint density at radius 3 is 2.60 bits per heavy atom. The molecule has 1 aromatic carbocycles.